The third-order valence-electron chi connectivity index (χ3n) is 1.92. The Morgan fingerprint density at radius 3 is 2.82 bits per heavy atom. The molecule has 0 saturated heterocycles. The Bertz CT molecular complexity index is 635. The monoisotopic (exact) mass is 254 g/mol. The number of aryl methyl sites for hydroxylation is 1. The molecule has 0 aromatic carbocycles. The molecule has 0 atom stereocenters. The van der Waals surface area contributed by atoms with E-state index in [1.165, 1.54) is 18.3 Å². The molecule has 7 nitrogen and oxygen atoms in total. The van der Waals surface area contributed by atoms with Gasteiger partial charge >= 0.3 is 0 Å². The summed E-state index contributed by atoms with van der Waals surface area (Å²) < 4.78 is 30.7. The highest BCUT2D eigenvalue weighted by molar-refractivity contribution is 7.92. The Hall–Kier alpha value is -2.09. The first-order valence-corrected chi connectivity index (χ1v) is 6.14. The van der Waals surface area contributed by atoms with Gasteiger partial charge in [0.1, 0.15) is 0 Å². The fourth-order valence-electron chi connectivity index (χ4n) is 1.22. The highest BCUT2D eigenvalue weighted by Gasteiger charge is 2.20. The molecule has 2 rings (SSSR count). The standard InChI is InChI=1S/C9H10N4O3S/c1-6-5-8(16-12-6)13-17(14,15)9-7(10)3-2-4-11-9/h2-5,13H,10H2,1H3. The molecule has 17 heavy (non-hydrogen) atoms. The highest BCUT2D eigenvalue weighted by Crippen LogP contribution is 2.18. The molecule has 8 heteroatoms. The summed E-state index contributed by atoms with van der Waals surface area (Å²) in [5.41, 5.74) is 6.17. The summed E-state index contributed by atoms with van der Waals surface area (Å²) in [4.78, 5) is 3.72. The maximum atomic E-state index is 11.9. The number of hydrogen-bond donors (Lipinski definition) is 2. The summed E-state index contributed by atoms with van der Waals surface area (Å²) in [7, 11) is -3.85. The third kappa shape index (κ3) is 2.36. The number of anilines is 2. The van der Waals surface area contributed by atoms with E-state index in [0.29, 0.717) is 5.69 Å². The molecule has 0 saturated carbocycles. The average Bonchev–Trinajstić information content (AvgIpc) is 2.63. The minimum absolute atomic E-state index is 0.0209. The molecule has 90 valence electrons. The molecule has 0 aliphatic carbocycles. The second-order valence-electron chi connectivity index (χ2n) is 3.34. The van der Waals surface area contributed by atoms with Crippen LogP contribution in [0.1, 0.15) is 5.69 Å². The normalized spacial score (nSPS) is 11.4. The van der Waals surface area contributed by atoms with Gasteiger partial charge in [-0.15, -0.1) is 0 Å². The first-order chi connectivity index (χ1) is 7.99. The minimum Gasteiger partial charge on any atom is -0.396 e. The maximum absolute atomic E-state index is 11.9. The lowest BCUT2D eigenvalue weighted by molar-refractivity contribution is 0.430. The van der Waals surface area contributed by atoms with Crippen LogP contribution < -0.4 is 10.5 Å². The van der Waals surface area contributed by atoms with Gasteiger partial charge in [0, 0.05) is 12.3 Å². The van der Waals surface area contributed by atoms with Gasteiger partial charge in [-0.3, -0.25) is 0 Å². The molecule has 0 amide bonds. The molecule has 0 aliphatic heterocycles. The molecule has 0 spiro atoms. The van der Waals surface area contributed by atoms with Crippen LogP contribution in [0.15, 0.2) is 33.9 Å². The number of nitrogens with zero attached hydrogens (tertiary/aromatic N) is 2. The van der Waals surface area contributed by atoms with Gasteiger partial charge < -0.3 is 10.3 Å². The predicted octanol–water partition coefficient (Wildman–Crippen LogP) is 0.761. The topological polar surface area (TPSA) is 111 Å². The lowest BCUT2D eigenvalue weighted by Gasteiger charge is -2.05. The average molecular weight is 254 g/mol. The molecule has 3 N–H and O–H groups in total. The van der Waals surface area contributed by atoms with E-state index in [-0.39, 0.29) is 16.6 Å². The van der Waals surface area contributed by atoms with Crippen LogP contribution in [-0.4, -0.2) is 18.6 Å². The van der Waals surface area contributed by atoms with Crippen LogP contribution in [-0.2, 0) is 10.0 Å². The number of aromatic nitrogens is 2. The molecular weight excluding hydrogens is 244 g/mol. The van der Waals surface area contributed by atoms with Crippen molar-refractivity contribution < 1.29 is 12.9 Å². The van der Waals surface area contributed by atoms with Crippen LogP contribution in [0.2, 0.25) is 0 Å². The number of hydrogen-bond acceptors (Lipinski definition) is 6. The predicted molar refractivity (Wildman–Crippen MR) is 60.7 cm³/mol. The van der Waals surface area contributed by atoms with Crippen molar-refractivity contribution in [2.75, 3.05) is 10.5 Å². The van der Waals surface area contributed by atoms with E-state index in [4.69, 9.17) is 10.3 Å². The Morgan fingerprint density at radius 2 is 2.24 bits per heavy atom. The summed E-state index contributed by atoms with van der Waals surface area (Å²) in [6, 6.07) is 4.46. The fraction of sp³-hybridized carbons (Fsp3) is 0.111. The van der Waals surface area contributed by atoms with Gasteiger partial charge in [-0.25, -0.2) is 9.71 Å². The van der Waals surface area contributed by atoms with Crippen LogP contribution in [0.5, 0.6) is 0 Å². The van der Waals surface area contributed by atoms with Crippen LogP contribution in [0, 0.1) is 6.92 Å². The summed E-state index contributed by atoms with van der Waals surface area (Å²) in [6.45, 7) is 1.68. The van der Waals surface area contributed by atoms with Gasteiger partial charge in [0.25, 0.3) is 10.0 Å². The van der Waals surface area contributed by atoms with Crippen LogP contribution in [0.4, 0.5) is 11.6 Å². The van der Waals surface area contributed by atoms with Crippen LogP contribution in [0.25, 0.3) is 0 Å². The quantitative estimate of drug-likeness (QED) is 0.836. The van der Waals surface area contributed by atoms with E-state index in [9.17, 15) is 8.42 Å². The Morgan fingerprint density at radius 1 is 1.47 bits per heavy atom. The fourth-order valence-corrected chi connectivity index (χ4v) is 2.26. The highest BCUT2D eigenvalue weighted by atomic mass is 32.2. The number of rotatable bonds is 3. The molecule has 0 unspecified atom stereocenters. The lowest BCUT2D eigenvalue weighted by atomic mass is 10.4. The van der Waals surface area contributed by atoms with Gasteiger partial charge in [-0.2, -0.15) is 8.42 Å². The number of pyridine rings is 1. The minimum atomic E-state index is -3.85. The second kappa shape index (κ2) is 4.06. The third-order valence-corrected chi connectivity index (χ3v) is 3.24. The van der Waals surface area contributed by atoms with Crippen molar-refractivity contribution in [1.82, 2.24) is 10.1 Å². The molecule has 0 bridgehead atoms. The first-order valence-electron chi connectivity index (χ1n) is 4.66. The number of nitrogen functional groups attached to an aromatic ring is 1. The zero-order chi connectivity index (χ0) is 12.5. The Labute approximate surface area is 97.7 Å². The molecule has 2 aromatic rings. The van der Waals surface area contributed by atoms with E-state index in [0.717, 1.165) is 0 Å². The van der Waals surface area contributed by atoms with E-state index in [1.807, 2.05) is 0 Å². The number of nitrogens with two attached hydrogens (primary N) is 1. The molecule has 2 heterocycles. The zero-order valence-corrected chi connectivity index (χ0v) is 9.73. The summed E-state index contributed by atoms with van der Waals surface area (Å²) in [5.74, 6) is 0.0209. The second-order valence-corrected chi connectivity index (χ2v) is 4.93. The van der Waals surface area contributed by atoms with Crippen molar-refractivity contribution in [3.8, 4) is 0 Å². The van der Waals surface area contributed by atoms with Gasteiger partial charge in [0.2, 0.25) is 5.88 Å². The van der Waals surface area contributed by atoms with Crippen LogP contribution >= 0.6 is 0 Å². The van der Waals surface area contributed by atoms with Gasteiger partial charge in [-0.05, 0) is 19.1 Å². The smallest absolute Gasteiger partial charge is 0.283 e. The number of nitrogens with one attached hydrogen (secondary N) is 1. The largest absolute Gasteiger partial charge is 0.396 e. The van der Waals surface area contributed by atoms with Crippen LogP contribution in [0.3, 0.4) is 0 Å². The van der Waals surface area contributed by atoms with Crippen molar-refractivity contribution in [3.63, 3.8) is 0 Å². The van der Waals surface area contributed by atoms with Crippen molar-refractivity contribution >= 4 is 21.6 Å². The van der Waals surface area contributed by atoms with Gasteiger partial charge in [0.15, 0.2) is 5.03 Å². The molecule has 2 aromatic heterocycles. The first kappa shape index (κ1) is 11.4. The summed E-state index contributed by atoms with van der Waals surface area (Å²) >= 11 is 0. The number of sulfonamides is 1. The molecular formula is C9H10N4O3S. The molecule has 0 fully saturated rings. The molecule has 0 radical (unpaired) electrons. The van der Waals surface area contributed by atoms with Crippen molar-refractivity contribution in [2.24, 2.45) is 0 Å². The van der Waals surface area contributed by atoms with E-state index in [2.05, 4.69) is 14.9 Å². The SMILES string of the molecule is Cc1cc(NS(=O)(=O)c2ncccc2N)on1. The van der Waals surface area contributed by atoms with E-state index in [1.54, 1.807) is 13.0 Å². The Kier molecular flexibility index (Phi) is 2.72. The van der Waals surface area contributed by atoms with Crippen molar-refractivity contribution in [1.29, 1.82) is 0 Å². The molecule has 0 aliphatic rings. The van der Waals surface area contributed by atoms with Crippen molar-refractivity contribution in [3.05, 3.63) is 30.1 Å². The van der Waals surface area contributed by atoms with Crippen molar-refractivity contribution in [2.45, 2.75) is 11.9 Å². The van der Waals surface area contributed by atoms with Gasteiger partial charge in [-0.1, -0.05) is 5.16 Å². The van der Waals surface area contributed by atoms with Gasteiger partial charge in [0.05, 0.1) is 11.4 Å². The van der Waals surface area contributed by atoms with E-state index >= 15 is 0 Å². The lowest BCUT2D eigenvalue weighted by Crippen LogP contribution is -2.15. The van der Waals surface area contributed by atoms with E-state index < -0.39 is 10.0 Å². The Balaban J connectivity index is 2.35. The zero-order valence-electron chi connectivity index (χ0n) is 8.91. The summed E-state index contributed by atoms with van der Waals surface area (Å²) in [5, 5.41) is 3.32. The summed E-state index contributed by atoms with van der Waals surface area (Å²) in [6.07, 6.45) is 1.34. The maximum Gasteiger partial charge on any atom is 0.283 e.